The Hall–Kier alpha value is -2.38. The van der Waals surface area contributed by atoms with E-state index >= 15 is 0 Å². The molecule has 2 heterocycles. The molecule has 0 amide bonds. The number of methoxy groups -OCH3 is 2. The van der Waals surface area contributed by atoms with Crippen LogP contribution in [0, 0.1) is 13.8 Å². The summed E-state index contributed by atoms with van der Waals surface area (Å²) in [4.78, 5) is 21.7. The number of fused-ring (bicyclic) bond motifs is 1. The van der Waals surface area contributed by atoms with Gasteiger partial charge in [-0.05, 0) is 38.1 Å². The van der Waals surface area contributed by atoms with Gasteiger partial charge in [-0.15, -0.1) is 0 Å². The molecular weight excluding hydrogens is 320 g/mol. The van der Waals surface area contributed by atoms with Gasteiger partial charge in [0.1, 0.15) is 5.75 Å². The van der Waals surface area contributed by atoms with Crippen LogP contribution in [0.3, 0.4) is 0 Å². The lowest BCUT2D eigenvalue weighted by Crippen LogP contribution is -2.48. The van der Waals surface area contributed by atoms with E-state index in [1.54, 1.807) is 18.8 Å². The zero-order valence-corrected chi connectivity index (χ0v) is 15.2. The van der Waals surface area contributed by atoms with Gasteiger partial charge in [-0.2, -0.15) is 0 Å². The topological polar surface area (TPSA) is 59.8 Å². The zero-order valence-electron chi connectivity index (χ0n) is 15.2. The van der Waals surface area contributed by atoms with Gasteiger partial charge in [0, 0.05) is 30.6 Å². The first-order chi connectivity index (χ1) is 12.0. The third-order valence-electron chi connectivity index (χ3n) is 4.54. The molecule has 3 rings (SSSR count). The van der Waals surface area contributed by atoms with E-state index in [-0.39, 0.29) is 5.56 Å². The Morgan fingerprint density at radius 2 is 1.84 bits per heavy atom. The van der Waals surface area contributed by atoms with Crippen LogP contribution in [0.2, 0.25) is 0 Å². The maximum atomic E-state index is 12.7. The summed E-state index contributed by atoms with van der Waals surface area (Å²) in [7, 11) is 3.32. The molecule has 25 heavy (non-hydrogen) atoms. The van der Waals surface area contributed by atoms with Crippen molar-refractivity contribution in [2.45, 2.75) is 20.5 Å². The minimum atomic E-state index is 0.00290. The number of rotatable bonds is 5. The SMILES string of the molecule is COCCN1CN(c2ccc(OC)cc2)c2nc(C)c(C)c(=O)n2C1. The smallest absolute Gasteiger partial charge is 0.259 e. The number of benzene rings is 1. The van der Waals surface area contributed by atoms with Crippen molar-refractivity contribution >= 4 is 11.6 Å². The molecule has 0 aliphatic carbocycles. The highest BCUT2D eigenvalue weighted by atomic mass is 16.5. The molecule has 1 aliphatic rings. The van der Waals surface area contributed by atoms with Crippen LogP contribution in [0.1, 0.15) is 11.3 Å². The van der Waals surface area contributed by atoms with E-state index in [0.29, 0.717) is 31.5 Å². The Labute approximate surface area is 147 Å². The van der Waals surface area contributed by atoms with E-state index in [9.17, 15) is 4.79 Å². The molecule has 7 nitrogen and oxygen atoms in total. The fourth-order valence-electron chi connectivity index (χ4n) is 2.90. The van der Waals surface area contributed by atoms with Crippen LogP contribution in [0.25, 0.3) is 0 Å². The van der Waals surface area contributed by atoms with Crippen LogP contribution in [0.15, 0.2) is 29.1 Å². The second-order valence-corrected chi connectivity index (χ2v) is 6.15. The number of hydrogen-bond donors (Lipinski definition) is 0. The Bertz CT molecular complexity index is 801. The number of aromatic nitrogens is 2. The second-order valence-electron chi connectivity index (χ2n) is 6.15. The minimum absolute atomic E-state index is 0.00290. The van der Waals surface area contributed by atoms with Crippen LogP contribution < -0.4 is 15.2 Å². The van der Waals surface area contributed by atoms with Gasteiger partial charge >= 0.3 is 0 Å². The molecule has 0 radical (unpaired) electrons. The summed E-state index contributed by atoms with van der Waals surface area (Å²) < 4.78 is 12.2. The zero-order chi connectivity index (χ0) is 18.0. The number of anilines is 2. The van der Waals surface area contributed by atoms with Gasteiger partial charge in [0.15, 0.2) is 0 Å². The van der Waals surface area contributed by atoms with Crippen molar-refractivity contribution in [2.24, 2.45) is 0 Å². The molecule has 0 unspecified atom stereocenters. The van der Waals surface area contributed by atoms with Crippen LogP contribution in [0.5, 0.6) is 5.75 Å². The molecule has 134 valence electrons. The molecule has 1 aromatic carbocycles. The molecule has 0 saturated carbocycles. The predicted molar refractivity (Wildman–Crippen MR) is 96.6 cm³/mol. The lowest BCUT2D eigenvalue weighted by Gasteiger charge is -2.38. The highest BCUT2D eigenvalue weighted by Gasteiger charge is 2.26. The van der Waals surface area contributed by atoms with E-state index in [1.807, 2.05) is 43.0 Å². The molecule has 0 N–H and O–H groups in total. The van der Waals surface area contributed by atoms with Gasteiger partial charge in [0.2, 0.25) is 5.95 Å². The normalized spacial score (nSPS) is 14.5. The molecular formula is C18H24N4O3. The molecule has 1 aromatic heterocycles. The Morgan fingerprint density at radius 1 is 1.12 bits per heavy atom. The van der Waals surface area contributed by atoms with Crippen LogP contribution in [-0.4, -0.2) is 48.5 Å². The molecule has 0 spiro atoms. The largest absolute Gasteiger partial charge is 0.497 e. The van der Waals surface area contributed by atoms with Crippen molar-refractivity contribution in [1.82, 2.24) is 14.5 Å². The van der Waals surface area contributed by atoms with Gasteiger partial charge in [-0.1, -0.05) is 0 Å². The van der Waals surface area contributed by atoms with E-state index in [0.717, 1.165) is 23.7 Å². The van der Waals surface area contributed by atoms with Crippen molar-refractivity contribution in [3.63, 3.8) is 0 Å². The molecule has 0 atom stereocenters. The summed E-state index contributed by atoms with van der Waals surface area (Å²) >= 11 is 0. The van der Waals surface area contributed by atoms with Crippen LogP contribution >= 0.6 is 0 Å². The van der Waals surface area contributed by atoms with Gasteiger partial charge in [0.05, 0.1) is 27.1 Å². The van der Waals surface area contributed by atoms with Gasteiger partial charge in [-0.25, -0.2) is 4.98 Å². The maximum absolute atomic E-state index is 12.7. The van der Waals surface area contributed by atoms with Crippen molar-refractivity contribution in [3.8, 4) is 5.75 Å². The second kappa shape index (κ2) is 7.25. The van der Waals surface area contributed by atoms with E-state index in [1.165, 1.54) is 0 Å². The van der Waals surface area contributed by atoms with Crippen molar-refractivity contribution in [3.05, 3.63) is 45.9 Å². The van der Waals surface area contributed by atoms with Crippen molar-refractivity contribution in [1.29, 1.82) is 0 Å². The fourth-order valence-corrected chi connectivity index (χ4v) is 2.90. The summed E-state index contributed by atoms with van der Waals surface area (Å²) in [5.74, 6) is 1.47. The van der Waals surface area contributed by atoms with Gasteiger partial charge in [0.25, 0.3) is 5.56 Å². The van der Waals surface area contributed by atoms with Crippen molar-refractivity contribution < 1.29 is 9.47 Å². The molecule has 2 aromatic rings. The summed E-state index contributed by atoms with van der Waals surface area (Å²) in [6, 6.07) is 7.77. The monoisotopic (exact) mass is 344 g/mol. The first-order valence-electron chi connectivity index (χ1n) is 8.26. The fraction of sp³-hybridized carbons (Fsp3) is 0.444. The maximum Gasteiger partial charge on any atom is 0.259 e. The summed E-state index contributed by atoms with van der Waals surface area (Å²) in [6.45, 7) is 6.20. The standard InChI is InChI=1S/C18H24N4O3/c1-13-14(2)19-18-21(15-5-7-16(25-4)8-6-15)11-20(9-10-24-3)12-22(18)17(13)23/h5-8H,9-12H2,1-4H3. The Kier molecular flexibility index (Phi) is 5.06. The summed E-state index contributed by atoms with van der Waals surface area (Å²) in [5, 5.41) is 0. The van der Waals surface area contributed by atoms with Crippen LogP contribution in [0.4, 0.5) is 11.6 Å². The highest BCUT2D eigenvalue weighted by molar-refractivity contribution is 5.59. The van der Waals surface area contributed by atoms with Crippen LogP contribution in [-0.2, 0) is 11.4 Å². The highest BCUT2D eigenvalue weighted by Crippen LogP contribution is 2.28. The number of ether oxygens (including phenoxy) is 2. The number of aryl methyl sites for hydroxylation is 1. The molecule has 0 fully saturated rings. The molecule has 0 bridgehead atoms. The lowest BCUT2D eigenvalue weighted by molar-refractivity contribution is 0.121. The molecule has 0 saturated heterocycles. The number of hydrogen-bond acceptors (Lipinski definition) is 6. The minimum Gasteiger partial charge on any atom is -0.497 e. The van der Waals surface area contributed by atoms with Gasteiger partial charge < -0.3 is 9.47 Å². The predicted octanol–water partition coefficient (Wildman–Crippen LogP) is 1.88. The average Bonchev–Trinajstić information content (AvgIpc) is 2.64. The first kappa shape index (κ1) is 17.4. The van der Waals surface area contributed by atoms with E-state index in [2.05, 4.69) is 9.88 Å². The first-order valence-corrected chi connectivity index (χ1v) is 8.26. The third kappa shape index (κ3) is 3.38. The Morgan fingerprint density at radius 3 is 2.48 bits per heavy atom. The molecule has 1 aliphatic heterocycles. The van der Waals surface area contributed by atoms with E-state index < -0.39 is 0 Å². The third-order valence-corrected chi connectivity index (χ3v) is 4.54. The molecule has 7 heteroatoms. The summed E-state index contributed by atoms with van der Waals surface area (Å²) in [5.41, 5.74) is 2.42. The van der Waals surface area contributed by atoms with Crippen molar-refractivity contribution in [2.75, 3.05) is 38.9 Å². The number of nitrogens with zero attached hydrogens (tertiary/aromatic N) is 4. The van der Waals surface area contributed by atoms with Gasteiger partial charge in [-0.3, -0.25) is 19.2 Å². The quantitative estimate of drug-likeness (QED) is 0.825. The summed E-state index contributed by atoms with van der Waals surface area (Å²) in [6.07, 6.45) is 0. The average molecular weight is 344 g/mol. The Balaban J connectivity index is 2.05. The van der Waals surface area contributed by atoms with E-state index in [4.69, 9.17) is 9.47 Å². The lowest BCUT2D eigenvalue weighted by atomic mass is 10.2.